The first-order chi connectivity index (χ1) is 10.6. The van der Waals surface area contributed by atoms with Gasteiger partial charge >= 0.3 is 12.1 Å². The molecule has 0 amide bonds. The molecule has 23 heavy (non-hydrogen) atoms. The fraction of sp³-hybridized carbons (Fsp3) is 0.538. The van der Waals surface area contributed by atoms with Crippen molar-refractivity contribution in [3.8, 4) is 0 Å². The molecule has 0 aromatic carbocycles. The molecule has 2 bridgehead atoms. The van der Waals surface area contributed by atoms with E-state index in [1.807, 2.05) is 0 Å². The van der Waals surface area contributed by atoms with Crippen LogP contribution in [0.25, 0.3) is 0 Å². The maximum Gasteiger partial charge on any atom is 0.417 e. The largest absolute Gasteiger partial charge is 0.481 e. The van der Waals surface area contributed by atoms with Crippen LogP contribution in [0.5, 0.6) is 0 Å². The molecule has 0 aliphatic carbocycles. The second-order valence-corrected chi connectivity index (χ2v) is 7.49. The normalized spacial score (nSPS) is 28.2. The van der Waals surface area contributed by atoms with Crippen molar-refractivity contribution in [1.29, 1.82) is 0 Å². The number of rotatable bonds is 3. The molecule has 0 radical (unpaired) electrons. The van der Waals surface area contributed by atoms with E-state index in [2.05, 4.69) is 4.98 Å². The molecule has 2 aliphatic heterocycles. The molecule has 1 aromatic rings. The Bertz CT molecular complexity index is 733. The number of fused-ring (bicyclic) bond motifs is 2. The Balaban J connectivity index is 1.92. The summed E-state index contributed by atoms with van der Waals surface area (Å²) in [5.41, 5.74) is -1.04. The van der Waals surface area contributed by atoms with E-state index in [-0.39, 0.29) is 6.42 Å². The van der Waals surface area contributed by atoms with Crippen LogP contribution in [0.2, 0.25) is 0 Å². The number of nitrogens with zero attached hydrogens (tertiary/aromatic N) is 2. The summed E-state index contributed by atoms with van der Waals surface area (Å²) in [4.78, 5) is 14.6. The maximum absolute atomic E-state index is 12.6. The first kappa shape index (κ1) is 16.2. The Morgan fingerprint density at radius 3 is 2.48 bits per heavy atom. The summed E-state index contributed by atoms with van der Waals surface area (Å²) in [6.07, 6.45) is -2.93. The number of pyridine rings is 1. The zero-order chi connectivity index (χ0) is 17.0. The Hall–Kier alpha value is -1.68. The van der Waals surface area contributed by atoms with Crippen molar-refractivity contribution in [2.24, 2.45) is 5.92 Å². The van der Waals surface area contributed by atoms with Crippen LogP contribution in [0.15, 0.2) is 23.4 Å². The second-order valence-electron chi connectivity index (χ2n) is 5.70. The van der Waals surface area contributed by atoms with Gasteiger partial charge in [-0.25, -0.2) is 13.4 Å². The minimum atomic E-state index is -4.60. The SMILES string of the molecule is O=C(O)C1CC2CCC1N2S(=O)(=O)c1ccc(C(F)(F)F)cn1. The van der Waals surface area contributed by atoms with Crippen molar-refractivity contribution in [3.63, 3.8) is 0 Å². The molecular weight excluding hydrogens is 337 g/mol. The smallest absolute Gasteiger partial charge is 0.417 e. The van der Waals surface area contributed by atoms with E-state index in [9.17, 15) is 26.4 Å². The lowest BCUT2D eigenvalue weighted by molar-refractivity contribution is -0.142. The molecule has 6 nitrogen and oxygen atoms in total. The molecule has 3 atom stereocenters. The fourth-order valence-electron chi connectivity index (χ4n) is 3.39. The standard InChI is InChI=1S/C13H13F3N2O4S/c14-13(15,16)7-1-4-11(17-6-7)23(21,22)18-8-2-3-10(18)9(5-8)12(19)20/h1,4,6,8-10H,2-3,5H2,(H,19,20). The lowest BCUT2D eigenvalue weighted by Crippen LogP contribution is -2.38. The van der Waals surface area contributed by atoms with Gasteiger partial charge in [-0.1, -0.05) is 0 Å². The van der Waals surface area contributed by atoms with Crippen molar-refractivity contribution in [2.45, 2.75) is 42.5 Å². The van der Waals surface area contributed by atoms with Gasteiger partial charge in [0.1, 0.15) is 0 Å². The minimum Gasteiger partial charge on any atom is -0.481 e. The lowest BCUT2D eigenvalue weighted by Gasteiger charge is -2.22. The number of carbonyl (C=O) groups is 1. The number of aliphatic carboxylic acids is 1. The highest BCUT2D eigenvalue weighted by Gasteiger charge is 2.54. The number of carboxylic acid groups (broad SMARTS) is 1. The maximum atomic E-state index is 12.6. The van der Waals surface area contributed by atoms with Gasteiger partial charge in [-0.15, -0.1) is 0 Å². The number of alkyl halides is 3. The summed E-state index contributed by atoms with van der Waals surface area (Å²) in [7, 11) is -4.11. The molecule has 1 N–H and O–H groups in total. The molecule has 0 spiro atoms. The average Bonchev–Trinajstić information content (AvgIpc) is 3.05. The van der Waals surface area contributed by atoms with Gasteiger partial charge in [0.05, 0.1) is 11.5 Å². The summed E-state index contributed by atoms with van der Waals surface area (Å²) in [6, 6.07) is 0.375. The van der Waals surface area contributed by atoms with E-state index in [0.717, 1.165) is 10.4 Å². The molecule has 2 saturated heterocycles. The summed E-state index contributed by atoms with van der Waals surface area (Å²) in [5, 5.41) is 8.66. The second kappa shape index (κ2) is 5.17. The highest BCUT2D eigenvalue weighted by atomic mass is 32.2. The van der Waals surface area contributed by atoms with Crippen LogP contribution >= 0.6 is 0 Å². The van der Waals surface area contributed by atoms with Gasteiger partial charge in [0, 0.05) is 18.3 Å². The number of halogens is 3. The first-order valence-corrected chi connectivity index (χ1v) is 8.36. The summed E-state index contributed by atoms with van der Waals surface area (Å²) < 4.78 is 63.9. The van der Waals surface area contributed by atoms with Gasteiger partial charge in [-0.05, 0) is 31.4 Å². The molecule has 126 valence electrons. The summed E-state index contributed by atoms with van der Waals surface area (Å²) in [6.45, 7) is 0. The van der Waals surface area contributed by atoms with Crippen molar-refractivity contribution >= 4 is 16.0 Å². The van der Waals surface area contributed by atoms with Crippen LogP contribution in [0.1, 0.15) is 24.8 Å². The topological polar surface area (TPSA) is 87.6 Å². The first-order valence-electron chi connectivity index (χ1n) is 6.92. The van der Waals surface area contributed by atoms with Crippen molar-refractivity contribution in [2.75, 3.05) is 0 Å². The van der Waals surface area contributed by atoms with E-state index in [0.29, 0.717) is 25.1 Å². The molecule has 10 heteroatoms. The van der Waals surface area contributed by atoms with Gasteiger partial charge in [0.25, 0.3) is 10.0 Å². The molecule has 3 heterocycles. The third-order valence-corrected chi connectivity index (χ3v) is 6.29. The zero-order valence-electron chi connectivity index (χ0n) is 11.7. The van der Waals surface area contributed by atoms with Crippen LogP contribution < -0.4 is 0 Å². The molecule has 3 rings (SSSR count). The van der Waals surface area contributed by atoms with E-state index >= 15 is 0 Å². The third-order valence-electron chi connectivity index (χ3n) is 4.40. The summed E-state index contributed by atoms with van der Waals surface area (Å²) in [5.74, 6) is -1.84. The van der Waals surface area contributed by atoms with Crippen LogP contribution in [-0.2, 0) is 21.0 Å². The van der Waals surface area contributed by atoms with Gasteiger partial charge in [-0.3, -0.25) is 4.79 Å². The molecule has 1 aromatic heterocycles. The van der Waals surface area contributed by atoms with E-state index in [4.69, 9.17) is 5.11 Å². The summed E-state index contributed by atoms with van der Waals surface area (Å²) >= 11 is 0. The molecule has 2 aliphatic rings. The van der Waals surface area contributed by atoms with E-state index in [1.165, 1.54) is 0 Å². The highest BCUT2D eigenvalue weighted by Crippen LogP contribution is 2.44. The quantitative estimate of drug-likeness (QED) is 0.897. The van der Waals surface area contributed by atoms with Crippen LogP contribution in [0, 0.1) is 5.92 Å². The Kier molecular flexibility index (Phi) is 3.64. The van der Waals surface area contributed by atoms with Gasteiger partial charge < -0.3 is 5.11 Å². The van der Waals surface area contributed by atoms with Crippen LogP contribution in [0.3, 0.4) is 0 Å². The number of aromatic nitrogens is 1. The zero-order valence-corrected chi connectivity index (χ0v) is 12.5. The van der Waals surface area contributed by atoms with E-state index < -0.39 is 50.8 Å². The molecule has 0 saturated carbocycles. The van der Waals surface area contributed by atoms with Gasteiger partial charge in [0.2, 0.25) is 0 Å². The lowest BCUT2D eigenvalue weighted by atomic mass is 9.89. The third kappa shape index (κ3) is 2.59. The predicted molar refractivity (Wildman–Crippen MR) is 70.8 cm³/mol. The predicted octanol–water partition coefficient (Wildman–Crippen LogP) is 1.73. The molecule has 2 fully saturated rings. The number of hydrogen-bond donors (Lipinski definition) is 1. The highest BCUT2D eigenvalue weighted by molar-refractivity contribution is 7.89. The number of hydrogen-bond acceptors (Lipinski definition) is 4. The van der Waals surface area contributed by atoms with Crippen molar-refractivity contribution in [1.82, 2.24) is 9.29 Å². The monoisotopic (exact) mass is 350 g/mol. The Labute approximate surface area is 130 Å². The fourth-order valence-corrected chi connectivity index (χ4v) is 5.22. The van der Waals surface area contributed by atoms with E-state index in [1.54, 1.807) is 0 Å². The van der Waals surface area contributed by atoms with Crippen LogP contribution in [0.4, 0.5) is 13.2 Å². The molecule has 3 unspecified atom stereocenters. The van der Waals surface area contributed by atoms with Gasteiger partial charge in [0.15, 0.2) is 5.03 Å². The molecular formula is C13H13F3N2O4S. The minimum absolute atomic E-state index is 0.222. The Morgan fingerprint density at radius 2 is 2.00 bits per heavy atom. The van der Waals surface area contributed by atoms with Crippen LogP contribution in [-0.4, -0.2) is 40.9 Å². The van der Waals surface area contributed by atoms with Gasteiger partial charge in [-0.2, -0.15) is 17.5 Å². The van der Waals surface area contributed by atoms with Crippen molar-refractivity contribution in [3.05, 3.63) is 23.9 Å². The average molecular weight is 350 g/mol. The number of carboxylic acids is 1. The van der Waals surface area contributed by atoms with Crippen molar-refractivity contribution < 1.29 is 31.5 Å². The Morgan fingerprint density at radius 1 is 1.30 bits per heavy atom. The number of sulfonamides is 1.